The van der Waals surface area contributed by atoms with Crippen molar-refractivity contribution in [3.63, 3.8) is 0 Å². The highest BCUT2D eigenvalue weighted by atomic mass is 16.4. The lowest BCUT2D eigenvalue weighted by Crippen LogP contribution is -2.38. The summed E-state index contributed by atoms with van der Waals surface area (Å²) in [5, 5.41) is 12.0. The van der Waals surface area contributed by atoms with Crippen LogP contribution in [0.5, 0.6) is 0 Å². The molecule has 3 N–H and O–H groups in total. The van der Waals surface area contributed by atoms with E-state index in [1.165, 1.54) is 0 Å². The summed E-state index contributed by atoms with van der Waals surface area (Å²) in [5.41, 5.74) is 0.946. The molecule has 0 aliphatic heterocycles. The van der Waals surface area contributed by atoms with Gasteiger partial charge in [0.1, 0.15) is 6.04 Å². The lowest BCUT2D eigenvalue weighted by Gasteiger charge is -2.15. The molecule has 1 heterocycles. The van der Waals surface area contributed by atoms with Crippen molar-refractivity contribution in [2.45, 2.75) is 32.7 Å². The van der Waals surface area contributed by atoms with Gasteiger partial charge >= 0.3 is 5.97 Å². The summed E-state index contributed by atoms with van der Waals surface area (Å²) >= 11 is 0. The minimum Gasteiger partial charge on any atom is -0.480 e. The Morgan fingerprint density at radius 1 is 1.62 bits per heavy atom. The van der Waals surface area contributed by atoms with E-state index in [0.29, 0.717) is 18.9 Å². The summed E-state index contributed by atoms with van der Waals surface area (Å²) < 4.78 is 0. The monoisotopic (exact) mass is 225 g/mol. The first-order valence-electron chi connectivity index (χ1n) is 5.53. The van der Waals surface area contributed by atoms with Crippen molar-refractivity contribution in [1.82, 2.24) is 15.3 Å². The van der Waals surface area contributed by atoms with E-state index in [0.717, 1.165) is 12.1 Å². The SMILES string of the molecule is CC(C)CC(NCCc1c[nH]cn1)C(=O)O. The predicted molar refractivity (Wildman–Crippen MR) is 61.2 cm³/mol. The van der Waals surface area contributed by atoms with Gasteiger partial charge in [0.15, 0.2) is 0 Å². The Balaban J connectivity index is 2.30. The summed E-state index contributed by atoms with van der Waals surface area (Å²) in [5.74, 6) is -0.408. The zero-order chi connectivity index (χ0) is 12.0. The number of nitrogens with one attached hydrogen (secondary N) is 2. The highest BCUT2D eigenvalue weighted by molar-refractivity contribution is 5.73. The van der Waals surface area contributed by atoms with Crippen LogP contribution in [0.25, 0.3) is 0 Å². The van der Waals surface area contributed by atoms with Gasteiger partial charge in [0, 0.05) is 19.2 Å². The quantitative estimate of drug-likeness (QED) is 0.648. The molecule has 5 heteroatoms. The van der Waals surface area contributed by atoms with Crippen molar-refractivity contribution in [3.8, 4) is 0 Å². The average molecular weight is 225 g/mol. The molecule has 1 aromatic heterocycles. The van der Waals surface area contributed by atoms with Crippen LogP contribution in [0.4, 0.5) is 0 Å². The van der Waals surface area contributed by atoms with Crippen molar-refractivity contribution in [1.29, 1.82) is 0 Å². The molecule has 90 valence electrons. The van der Waals surface area contributed by atoms with Crippen molar-refractivity contribution in [2.75, 3.05) is 6.54 Å². The number of hydrogen-bond donors (Lipinski definition) is 3. The molecule has 5 nitrogen and oxygen atoms in total. The Labute approximate surface area is 95.3 Å². The van der Waals surface area contributed by atoms with Gasteiger partial charge in [-0.15, -0.1) is 0 Å². The zero-order valence-electron chi connectivity index (χ0n) is 9.73. The molecule has 0 saturated heterocycles. The number of carbonyl (C=O) groups is 1. The maximum Gasteiger partial charge on any atom is 0.320 e. The Morgan fingerprint density at radius 2 is 2.38 bits per heavy atom. The molecule has 0 radical (unpaired) electrons. The number of aromatic amines is 1. The summed E-state index contributed by atoms with van der Waals surface area (Å²) in [4.78, 5) is 17.9. The average Bonchev–Trinajstić information content (AvgIpc) is 2.68. The van der Waals surface area contributed by atoms with Gasteiger partial charge in [-0.25, -0.2) is 4.98 Å². The van der Waals surface area contributed by atoms with Crippen LogP contribution in [0.15, 0.2) is 12.5 Å². The third-order valence-corrected chi connectivity index (χ3v) is 2.33. The number of hydrogen-bond acceptors (Lipinski definition) is 3. The second kappa shape index (κ2) is 6.27. The minimum absolute atomic E-state index is 0.374. The Kier molecular flexibility index (Phi) is 4.98. The summed E-state index contributed by atoms with van der Waals surface area (Å²) in [6.07, 6.45) is 4.83. The van der Waals surface area contributed by atoms with E-state index in [9.17, 15) is 4.79 Å². The molecule has 1 atom stereocenters. The fourth-order valence-electron chi connectivity index (χ4n) is 1.54. The van der Waals surface area contributed by atoms with Gasteiger partial charge in [0.2, 0.25) is 0 Å². The molecular weight excluding hydrogens is 206 g/mol. The lowest BCUT2D eigenvalue weighted by molar-refractivity contribution is -0.139. The third kappa shape index (κ3) is 4.44. The van der Waals surface area contributed by atoms with Crippen LogP contribution in [-0.4, -0.2) is 33.6 Å². The molecule has 1 aromatic rings. The van der Waals surface area contributed by atoms with E-state index in [4.69, 9.17) is 5.11 Å². The Morgan fingerprint density at radius 3 is 2.88 bits per heavy atom. The van der Waals surface area contributed by atoms with Crippen LogP contribution in [0.1, 0.15) is 26.0 Å². The van der Waals surface area contributed by atoms with Crippen molar-refractivity contribution >= 4 is 5.97 Å². The van der Waals surface area contributed by atoms with Gasteiger partial charge in [-0.2, -0.15) is 0 Å². The third-order valence-electron chi connectivity index (χ3n) is 2.33. The van der Waals surface area contributed by atoms with E-state index in [2.05, 4.69) is 15.3 Å². The summed E-state index contributed by atoms with van der Waals surface area (Å²) in [6, 6.07) is -0.459. The van der Waals surface area contributed by atoms with Gasteiger partial charge in [0.25, 0.3) is 0 Å². The maximum absolute atomic E-state index is 10.9. The van der Waals surface area contributed by atoms with Crippen LogP contribution in [-0.2, 0) is 11.2 Å². The fraction of sp³-hybridized carbons (Fsp3) is 0.636. The van der Waals surface area contributed by atoms with Crippen LogP contribution in [0, 0.1) is 5.92 Å². The van der Waals surface area contributed by atoms with E-state index in [1.807, 2.05) is 20.0 Å². The molecular formula is C11H19N3O2. The molecule has 0 saturated carbocycles. The van der Waals surface area contributed by atoms with Gasteiger partial charge in [-0.05, 0) is 12.3 Å². The van der Waals surface area contributed by atoms with Crippen LogP contribution < -0.4 is 5.32 Å². The molecule has 0 aromatic carbocycles. The number of carboxylic acids is 1. The first-order chi connectivity index (χ1) is 7.59. The number of carboxylic acid groups (broad SMARTS) is 1. The standard InChI is InChI=1S/C11H19N3O2/c1-8(2)5-10(11(15)16)13-4-3-9-6-12-7-14-9/h6-8,10,13H,3-5H2,1-2H3,(H,12,14)(H,15,16). The highest BCUT2D eigenvalue weighted by Crippen LogP contribution is 2.05. The Bertz CT molecular complexity index is 309. The van der Waals surface area contributed by atoms with Crippen LogP contribution in [0.2, 0.25) is 0 Å². The number of aromatic nitrogens is 2. The fourth-order valence-corrected chi connectivity index (χ4v) is 1.54. The summed E-state index contributed by atoms with van der Waals surface area (Å²) in [7, 11) is 0. The van der Waals surface area contributed by atoms with Crippen LogP contribution in [0.3, 0.4) is 0 Å². The van der Waals surface area contributed by atoms with Crippen LogP contribution >= 0.6 is 0 Å². The predicted octanol–water partition coefficient (Wildman–Crippen LogP) is 1.04. The lowest BCUT2D eigenvalue weighted by atomic mass is 10.0. The molecule has 0 amide bonds. The first-order valence-corrected chi connectivity index (χ1v) is 5.53. The maximum atomic E-state index is 10.9. The first kappa shape index (κ1) is 12.7. The normalized spacial score (nSPS) is 12.9. The zero-order valence-corrected chi connectivity index (χ0v) is 9.73. The molecule has 16 heavy (non-hydrogen) atoms. The van der Waals surface area contributed by atoms with Gasteiger partial charge in [-0.3, -0.25) is 4.79 Å². The summed E-state index contributed by atoms with van der Waals surface area (Å²) in [6.45, 7) is 4.67. The number of rotatable bonds is 7. The smallest absolute Gasteiger partial charge is 0.320 e. The Hall–Kier alpha value is -1.36. The molecule has 0 bridgehead atoms. The molecule has 0 fully saturated rings. The molecule has 1 rings (SSSR count). The number of nitrogens with zero attached hydrogens (tertiary/aromatic N) is 1. The largest absolute Gasteiger partial charge is 0.480 e. The van der Waals surface area contributed by atoms with E-state index in [1.54, 1.807) is 6.33 Å². The highest BCUT2D eigenvalue weighted by Gasteiger charge is 2.17. The number of aliphatic carboxylic acids is 1. The number of H-pyrrole nitrogens is 1. The molecule has 0 aliphatic rings. The second-order valence-electron chi connectivity index (χ2n) is 4.29. The van der Waals surface area contributed by atoms with Gasteiger partial charge < -0.3 is 15.4 Å². The van der Waals surface area contributed by atoms with E-state index in [-0.39, 0.29) is 0 Å². The van der Waals surface area contributed by atoms with E-state index < -0.39 is 12.0 Å². The van der Waals surface area contributed by atoms with Crippen molar-refractivity contribution in [3.05, 3.63) is 18.2 Å². The number of imidazole rings is 1. The molecule has 1 unspecified atom stereocenters. The molecule has 0 aliphatic carbocycles. The van der Waals surface area contributed by atoms with Crippen molar-refractivity contribution in [2.24, 2.45) is 5.92 Å². The topological polar surface area (TPSA) is 78.0 Å². The molecule has 0 spiro atoms. The van der Waals surface area contributed by atoms with Gasteiger partial charge in [-0.1, -0.05) is 13.8 Å². The van der Waals surface area contributed by atoms with E-state index >= 15 is 0 Å². The minimum atomic E-state index is -0.782. The van der Waals surface area contributed by atoms with Crippen molar-refractivity contribution < 1.29 is 9.90 Å². The second-order valence-corrected chi connectivity index (χ2v) is 4.29. The van der Waals surface area contributed by atoms with Gasteiger partial charge in [0.05, 0.1) is 12.0 Å².